The van der Waals surface area contributed by atoms with Crippen molar-refractivity contribution in [3.05, 3.63) is 69.7 Å². The number of aromatic amines is 1. The Kier molecular flexibility index (Phi) is 5.09. The van der Waals surface area contributed by atoms with Crippen LogP contribution < -0.4 is 4.90 Å². The molecule has 0 saturated heterocycles. The van der Waals surface area contributed by atoms with E-state index in [9.17, 15) is 9.90 Å². The molecule has 2 aromatic carbocycles. The Hall–Kier alpha value is -3.00. The van der Waals surface area contributed by atoms with Crippen molar-refractivity contribution in [2.24, 2.45) is 0 Å². The van der Waals surface area contributed by atoms with Crippen molar-refractivity contribution in [1.82, 2.24) is 20.2 Å². The molecule has 5 rings (SSSR count). The number of hydrogen-bond donors (Lipinski definition) is 2. The first-order chi connectivity index (χ1) is 15.0. The Morgan fingerprint density at radius 2 is 1.97 bits per heavy atom. The Morgan fingerprint density at radius 3 is 2.74 bits per heavy atom. The molecular formula is C22H17Cl2N5O2. The van der Waals surface area contributed by atoms with E-state index in [0.29, 0.717) is 35.2 Å². The summed E-state index contributed by atoms with van der Waals surface area (Å²) < 4.78 is 0. The first-order valence-corrected chi connectivity index (χ1v) is 10.5. The summed E-state index contributed by atoms with van der Waals surface area (Å²) in [7, 11) is 0. The Morgan fingerprint density at radius 1 is 1.16 bits per heavy atom. The lowest BCUT2D eigenvalue weighted by Crippen LogP contribution is -2.32. The first-order valence-electron chi connectivity index (χ1n) is 9.70. The minimum Gasteiger partial charge on any atom is -0.388 e. The topological polar surface area (TPSA) is 95.0 Å². The van der Waals surface area contributed by atoms with Crippen LogP contribution in [0.5, 0.6) is 0 Å². The molecular weight excluding hydrogens is 437 g/mol. The predicted octanol–water partition coefficient (Wildman–Crippen LogP) is 4.06. The number of benzene rings is 2. The summed E-state index contributed by atoms with van der Waals surface area (Å²) in [6, 6.07) is 11.3. The molecule has 156 valence electrons. The monoisotopic (exact) mass is 453 g/mol. The summed E-state index contributed by atoms with van der Waals surface area (Å²) in [5.74, 6) is 0.381. The van der Waals surface area contributed by atoms with Gasteiger partial charge in [0.1, 0.15) is 24.4 Å². The number of nitrogens with zero attached hydrogens (tertiary/aromatic N) is 4. The molecule has 0 radical (unpaired) electrons. The molecule has 0 bridgehead atoms. The van der Waals surface area contributed by atoms with E-state index in [1.54, 1.807) is 0 Å². The number of rotatable bonds is 4. The van der Waals surface area contributed by atoms with Gasteiger partial charge in [-0.3, -0.25) is 9.89 Å². The third-order valence-electron chi connectivity index (χ3n) is 5.50. The number of anilines is 1. The van der Waals surface area contributed by atoms with Crippen LogP contribution in [-0.4, -0.2) is 44.2 Å². The molecule has 0 unspecified atom stereocenters. The highest BCUT2D eigenvalue weighted by atomic mass is 35.5. The normalized spacial score (nSPS) is 13.5. The lowest BCUT2D eigenvalue weighted by molar-refractivity contribution is 0.0897. The first kappa shape index (κ1) is 19.9. The molecule has 7 nitrogen and oxygen atoms in total. The second-order valence-corrected chi connectivity index (χ2v) is 8.17. The second kappa shape index (κ2) is 7.92. The molecule has 0 spiro atoms. The van der Waals surface area contributed by atoms with Crippen molar-refractivity contribution >= 4 is 45.7 Å². The predicted molar refractivity (Wildman–Crippen MR) is 120 cm³/mol. The number of fused-ring (bicyclic) bond motifs is 2. The molecule has 3 heterocycles. The zero-order chi connectivity index (χ0) is 21.5. The lowest BCUT2D eigenvalue weighted by Gasteiger charge is -2.28. The number of aliphatic hydroxyl groups is 1. The molecule has 9 heteroatoms. The number of aliphatic hydroxyl groups excluding tert-OH is 1. The van der Waals surface area contributed by atoms with Crippen LogP contribution >= 0.6 is 23.2 Å². The van der Waals surface area contributed by atoms with E-state index in [4.69, 9.17) is 23.2 Å². The van der Waals surface area contributed by atoms with Crippen molar-refractivity contribution < 1.29 is 9.90 Å². The fraction of sp³-hybridized carbons (Fsp3) is 0.182. The van der Waals surface area contributed by atoms with Crippen LogP contribution in [0.1, 0.15) is 21.7 Å². The Bertz CT molecular complexity index is 1300. The van der Waals surface area contributed by atoms with Crippen molar-refractivity contribution in [3.63, 3.8) is 0 Å². The lowest BCUT2D eigenvalue weighted by atomic mass is 10.0. The van der Waals surface area contributed by atoms with Gasteiger partial charge in [-0.05, 0) is 29.8 Å². The van der Waals surface area contributed by atoms with Gasteiger partial charge in [-0.1, -0.05) is 35.3 Å². The van der Waals surface area contributed by atoms with Gasteiger partial charge in [0.25, 0.3) is 0 Å². The Balaban J connectivity index is 1.59. The summed E-state index contributed by atoms with van der Waals surface area (Å²) in [5.41, 5.74) is 4.53. The van der Waals surface area contributed by atoms with Crippen LogP contribution in [0, 0.1) is 0 Å². The number of carbonyl (C=O) groups is 1. The van der Waals surface area contributed by atoms with Crippen LogP contribution in [0.4, 0.5) is 5.82 Å². The van der Waals surface area contributed by atoms with Crippen LogP contribution in [0.25, 0.3) is 22.0 Å². The third kappa shape index (κ3) is 3.54. The molecule has 0 atom stereocenters. The second-order valence-electron chi connectivity index (χ2n) is 7.33. The minimum atomic E-state index is -0.561. The number of nitrogens with one attached hydrogen (secondary N) is 1. The van der Waals surface area contributed by atoms with Crippen molar-refractivity contribution in [1.29, 1.82) is 0 Å². The number of halogens is 2. The number of H-pyrrole nitrogens is 1. The maximum absolute atomic E-state index is 12.1. The smallest absolute Gasteiger partial charge is 0.206 e. The molecule has 0 amide bonds. The van der Waals surface area contributed by atoms with Crippen molar-refractivity contribution in [2.75, 3.05) is 18.1 Å². The molecule has 0 fully saturated rings. The summed E-state index contributed by atoms with van der Waals surface area (Å²) in [4.78, 5) is 23.1. The molecule has 0 aliphatic carbocycles. The van der Waals surface area contributed by atoms with Gasteiger partial charge in [0.15, 0.2) is 0 Å². The number of hydrogen-bond acceptors (Lipinski definition) is 6. The van der Waals surface area contributed by atoms with Gasteiger partial charge < -0.3 is 10.0 Å². The number of ketones is 1. The van der Waals surface area contributed by atoms with E-state index in [0.717, 1.165) is 39.1 Å². The summed E-state index contributed by atoms with van der Waals surface area (Å²) in [6.07, 6.45) is 2.17. The maximum Gasteiger partial charge on any atom is 0.206 e. The van der Waals surface area contributed by atoms with E-state index in [2.05, 4.69) is 25.1 Å². The average molecular weight is 454 g/mol. The highest BCUT2D eigenvalue weighted by Crippen LogP contribution is 2.36. The van der Waals surface area contributed by atoms with Gasteiger partial charge in [0.05, 0.1) is 16.2 Å². The SMILES string of the molecule is O=C(CO)c1[nH]nc2c1CN(c1ncnc3cc(Cl)c(-c4ccc(Cl)cc4)cc13)CC2. The number of Topliss-reactive ketones (excluding diaryl/α,β-unsaturated/α-hetero) is 1. The van der Waals surface area contributed by atoms with E-state index < -0.39 is 6.61 Å². The molecule has 31 heavy (non-hydrogen) atoms. The van der Waals surface area contributed by atoms with Crippen LogP contribution in [0.15, 0.2) is 42.7 Å². The quantitative estimate of drug-likeness (QED) is 0.452. The number of aromatic nitrogens is 4. The zero-order valence-corrected chi connectivity index (χ0v) is 17.8. The minimum absolute atomic E-state index is 0.352. The van der Waals surface area contributed by atoms with Crippen LogP contribution in [0.3, 0.4) is 0 Å². The largest absolute Gasteiger partial charge is 0.388 e. The zero-order valence-electron chi connectivity index (χ0n) is 16.3. The Labute approximate surface area is 187 Å². The van der Waals surface area contributed by atoms with Gasteiger partial charge >= 0.3 is 0 Å². The molecule has 1 aliphatic heterocycles. The van der Waals surface area contributed by atoms with Crippen LogP contribution in [0.2, 0.25) is 10.0 Å². The highest BCUT2D eigenvalue weighted by Gasteiger charge is 2.27. The molecule has 2 aromatic heterocycles. The molecule has 4 aromatic rings. The molecule has 0 saturated carbocycles. The molecule has 1 aliphatic rings. The van der Waals surface area contributed by atoms with Gasteiger partial charge in [0, 0.05) is 41.0 Å². The maximum atomic E-state index is 12.1. The summed E-state index contributed by atoms with van der Waals surface area (Å²) in [6.45, 7) is 0.585. The van der Waals surface area contributed by atoms with Crippen molar-refractivity contribution in [3.8, 4) is 11.1 Å². The van der Waals surface area contributed by atoms with Gasteiger partial charge in [0.2, 0.25) is 5.78 Å². The molecule has 2 N–H and O–H groups in total. The fourth-order valence-corrected chi connectivity index (χ4v) is 4.34. The van der Waals surface area contributed by atoms with Gasteiger partial charge in [-0.15, -0.1) is 0 Å². The van der Waals surface area contributed by atoms with Gasteiger partial charge in [-0.2, -0.15) is 5.10 Å². The van der Waals surface area contributed by atoms with E-state index in [1.165, 1.54) is 6.33 Å². The number of carbonyl (C=O) groups excluding carboxylic acids is 1. The van der Waals surface area contributed by atoms with Gasteiger partial charge in [-0.25, -0.2) is 9.97 Å². The highest BCUT2D eigenvalue weighted by molar-refractivity contribution is 6.34. The average Bonchev–Trinajstić information content (AvgIpc) is 3.21. The van der Waals surface area contributed by atoms with E-state index >= 15 is 0 Å². The van der Waals surface area contributed by atoms with Crippen molar-refractivity contribution in [2.45, 2.75) is 13.0 Å². The van der Waals surface area contributed by atoms with E-state index in [1.807, 2.05) is 36.4 Å². The summed E-state index contributed by atoms with van der Waals surface area (Å²) >= 11 is 12.6. The van der Waals surface area contributed by atoms with E-state index in [-0.39, 0.29) is 5.78 Å². The fourth-order valence-electron chi connectivity index (χ4n) is 3.95. The third-order valence-corrected chi connectivity index (χ3v) is 6.07. The van der Waals surface area contributed by atoms with Crippen LogP contribution in [-0.2, 0) is 13.0 Å². The standard InChI is InChI=1S/C22H17Cl2N5O2/c23-13-3-1-12(2-4-13)14-7-15-19(8-17(14)24)25-11-26-22(15)29-6-5-18-16(9-29)21(28-27-18)20(31)10-30/h1-4,7-8,11,30H,5-6,9-10H2,(H,27,28). The summed E-state index contributed by atoms with van der Waals surface area (Å²) in [5, 5.41) is 18.4.